The molecule has 158 valence electrons. The Kier molecular flexibility index (Phi) is 7.24. The van der Waals surface area contributed by atoms with E-state index in [1.54, 1.807) is 23.1 Å². The zero-order valence-electron chi connectivity index (χ0n) is 16.9. The predicted octanol–water partition coefficient (Wildman–Crippen LogP) is 4.31. The summed E-state index contributed by atoms with van der Waals surface area (Å²) in [5.74, 6) is -0.0812. The van der Waals surface area contributed by atoms with E-state index >= 15 is 0 Å². The van der Waals surface area contributed by atoms with Crippen molar-refractivity contribution in [1.29, 1.82) is 0 Å². The number of benzene rings is 2. The number of Topliss-reactive ketones (excluding diaryl/α,β-unsaturated/α-hetero) is 1. The zero-order valence-corrected chi connectivity index (χ0v) is 17.6. The molecule has 1 amide bonds. The zero-order chi connectivity index (χ0) is 21.7. The van der Waals surface area contributed by atoms with E-state index in [1.807, 2.05) is 13.0 Å². The molecule has 1 aliphatic rings. The molecule has 2 aromatic rings. The molecule has 0 aromatic heterocycles. The minimum atomic E-state index is -0.481. The van der Waals surface area contributed by atoms with E-state index in [4.69, 9.17) is 21.1 Å². The molecule has 7 heteroatoms. The Balaban J connectivity index is 1.57. The molecule has 2 aromatic carbocycles. The number of amides is 1. The Morgan fingerprint density at radius 1 is 1.33 bits per heavy atom. The average molecular weight is 432 g/mol. The fourth-order valence-electron chi connectivity index (χ4n) is 3.26. The van der Waals surface area contributed by atoms with Gasteiger partial charge in [-0.25, -0.2) is 4.39 Å². The lowest BCUT2D eigenvalue weighted by molar-refractivity contribution is -0.134. The van der Waals surface area contributed by atoms with Crippen LogP contribution in [0.2, 0.25) is 5.02 Å². The van der Waals surface area contributed by atoms with Gasteiger partial charge < -0.3 is 14.4 Å². The summed E-state index contributed by atoms with van der Waals surface area (Å²) in [5.41, 5.74) is 1.69. The summed E-state index contributed by atoms with van der Waals surface area (Å²) in [6.07, 6.45) is 2.42. The molecule has 0 N–H and O–H groups in total. The van der Waals surface area contributed by atoms with Crippen LogP contribution in [0, 0.1) is 12.7 Å². The van der Waals surface area contributed by atoms with Crippen LogP contribution in [-0.2, 0) is 9.53 Å². The van der Waals surface area contributed by atoms with Crippen molar-refractivity contribution in [1.82, 2.24) is 4.90 Å². The molecular formula is C23H23ClFNO4. The number of ether oxygens (including phenoxy) is 2. The Morgan fingerprint density at radius 2 is 2.13 bits per heavy atom. The van der Waals surface area contributed by atoms with E-state index in [-0.39, 0.29) is 35.0 Å². The van der Waals surface area contributed by atoms with Crippen LogP contribution in [0.3, 0.4) is 0 Å². The molecule has 0 spiro atoms. The predicted molar refractivity (Wildman–Crippen MR) is 113 cm³/mol. The highest BCUT2D eigenvalue weighted by molar-refractivity contribution is 6.32. The first-order valence-corrected chi connectivity index (χ1v) is 10.00. The molecule has 0 saturated carbocycles. The van der Waals surface area contributed by atoms with Gasteiger partial charge in [0, 0.05) is 23.7 Å². The number of hydrogen-bond donors (Lipinski definition) is 0. The van der Waals surface area contributed by atoms with Crippen LogP contribution >= 0.6 is 11.6 Å². The molecule has 30 heavy (non-hydrogen) atoms. The van der Waals surface area contributed by atoms with Gasteiger partial charge in [0.1, 0.15) is 24.3 Å². The third kappa shape index (κ3) is 5.46. The summed E-state index contributed by atoms with van der Waals surface area (Å²) >= 11 is 5.99. The molecule has 5 nitrogen and oxygen atoms in total. The summed E-state index contributed by atoms with van der Waals surface area (Å²) in [6.45, 7) is 4.84. The van der Waals surface area contributed by atoms with E-state index < -0.39 is 5.82 Å². The van der Waals surface area contributed by atoms with Crippen molar-refractivity contribution in [3.05, 3.63) is 70.0 Å². The van der Waals surface area contributed by atoms with Gasteiger partial charge in [-0.15, -0.1) is 0 Å². The first kappa shape index (κ1) is 22.0. The molecular weight excluding hydrogens is 409 g/mol. The smallest absolute Gasteiger partial charge is 0.246 e. The van der Waals surface area contributed by atoms with Gasteiger partial charge in [-0.1, -0.05) is 17.7 Å². The maximum absolute atomic E-state index is 13.8. The molecule has 0 aliphatic carbocycles. The van der Waals surface area contributed by atoms with Gasteiger partial charge in [0.05, 0.1) is 18.2 Å². The van der Waals surface area contributed by atoms with Gasteiger partial charge in [-0.2, -0.15) is 0 Å². The van der Waals surface area contributed by atoms with Crippen LogP contribution in [0.5, 0.6) is 5.75 Å². The SMILES string of the molecule is CC(=O)c1ccc(OCC2CN(C(=O)C=Cc3c(F)cccc3Cl)CCO2)cc1C. The van der Waals surface area contributed by atoms with Crippen molar-refractivity contribution in [2.24, 2.45) is 0 Å². The number of rotatable bonds is 6. The van der Waals surface area contributed by atoms with Gasteiger partial charge in [0.15, 0.2) is 5.78 Å². The molecule has 1 heterocycles. The fraction of sp³-hybridized carbons (Fsp3) is 0.304. The third-order valence-electron chi connectivity index (χ3n) is 4.86. The van der Waals surface area contributed by atoms with Crippen LogP contribution in [0.4, 0.5) is 4.39 Å². The lowest BCUT2D eigenvalue weighted by atomic mass is 10.1. The maximum Gasteiger partial charge on any atom is 0.246 e. The Morgan fingerprint density at radius 3 is 2.83 bits per heavy atom. The van der Waals surface area contributed by atoms with Crippen molar-refractivity contribution >= 4 is 29.4 Å². The number of carbonyl (C=O) groups is 2. The highest BCUT2D eigenvalue weighted by Gasteiger charge is 2.24. The quantitative estimate of drug-likeness (QED) is 0.505. The monoisotopic (exact) mass is 431 g/mol. The minimum Gasteiger partial charge on any atom is -0.491 e. The summed E-state index contributed by atoms with van der Waals surface area (Å²) in [6, 6.07) is 9.67. The van der Waals surface area contributed by atoms with Gasteiger partial charge in [-0.05, 0) is 55.8 Å². The van der Waals surface area contributed by atoms with Gasteiger partial charge >= 0.3 is 0 Å². The van der Waals surface area contributed by atoms with Crippen molar-refractivity contribution in [3.63, 3.8) is 0 Å². The molecule has 0 bridgehead atoms. The van der Waals surface area contributed by atoms with Crippen LogP contribution in [0.15, 0.2) is 42.5 Å². The molecule has 1 unspecified atom stereocenters. The highest BCUT2D eigenvalue weighted by Crippen LogP contribution is 2.21. The van der Waals surface area contributed by atoms with Crippen molar-refractivity contribution in [2.75, 3.05) is 26.3 Å². The van der Waals surface area contributed by atoms with E-state index in [0.29, 0.717) is 31.0 Å². The second-order valence-electron chi connectivity index (χ2n) is 7.09. The van der Waals surface area contributed by atoms with E-state index in [2.05, 4.69) is 0 Å². The lowest BCUT2D eigenvalue weighted by Gasteiger charge is -2.32. The van der Waals surface area contributed by atoms with Gasteiger partial charge in [0.25, 0.3) is 0 Å². The minimum absolute atomic E-state index is 0.00791. The second-order valence-corrected chi connectivity index (χ2v) is 7.50. The average Bonchev–Trinajstić information content (AvgIpc) is 2.71. The topological polar surface area (TPSA) is 55.8 Å². The number of aryl methyl sites for hydroxylation is 1. The summed E-state index contributed by atoms with van der Waals surface area (Å²) in [5, 5.41) is 0.249. The Labute approximate surface area is 180 Å². The molecule has 1 fully saturated rings. The normalized spacial score (nSPS) is 16.7. The molecule has 1 saturated heterocycles. The van der Waals surface area contributed by atoms with E-state index in [1.165, 1.54) is 31.2 Å². The molecule has 3 rings (SSSR count). The summed E-state index contributed by atoms with van der Waals surface area (Å²) in [4.78, 5) is 25.7. The lowest BCUT2D eigenvalue weighted by Crippen LogP contribution is -2.47. The van der Waals surface area contributed by atoms with Gasteiger partial charge in [0.2, 0.25) is 5.91 Å². The van der Waals surface area contributed by atoms with Crippen LogP contribution in [0.25, 0.3) is 6.08 Å². The largest absolute Gasteiger partial charge is 0.491 e. The standard InChI is InChI=1S/C23H23ClFNO4/c1-15-12-17(6-7-19(15)16(2)27)30-14-18-13-26(10-11-29-18)23(28)9-8-20-21(24)4-3-5-22(20)25/h3-9,12,18H,10-11,13-14H2,1-2H3. The number of hydrogen-bond acceptors (Lipinski definition) is 4. The number of morpholine rings is 1. The Hall–Kier alpha value is -2.70. The fourth-order valence-corrected chi connectivity index (χ4v) is 3.49. The molecule has 1 aliphatic heterocycles. The summed E-state index contributed by atoms with van der Waals surface area (Å²) in [7, 11) is 0. The molecule has 1 atom stereocenters. The van der Waals surface area contributed by atoms with Crippen molar-refractivity contribution in [3.8, 4) is 5.75 Å². The number of nitrogens with zero attached hydrogens (tertiary/aromatic N) is 1. The second kappa shape index (κ2) is 9.87. The summed E-state index contributed by atoms with van der Waals surface area (Å²) < 4.78 is 25.3. The maximum atomic E-state index is 13.8. The third-order valence-corrected chi connectivity index (χ3v) is 5.19. The van der Waals surface area contributed by atoms with Crippen LogP contribution in [-0.4, -0.2) is 49.0 Å². The van der Waals surface area contributed by atoms with E-state index in [0.717, 1.165) is 5.56 Å². The van der Waals surface area contributed by atoms with Crippen molar-refractivity contribution in [2.45, 2.75) is 20.0 Å². The number of ketones is 1. The Bertz CT molecular complexity index is 955. The van der Waals surface area contributed by atoms with Gasteiger partial charge in [-0.3, -0.25) is 9.59 Å². The molecule has 0 radical (unpaired) electrons. The number of halogens is 2. The first-order chi connectivity index (χ1) is 14.3. The van der Waals surface area contributed by atoms with Crippen LogP contribution < -0.4 is 4.74 Å². The highest BCUT2D eigenvalue weighted by atomic mass is 35.5. The van der Waals surface area contributed by atoms with E-state index in [9.17, 15) is 14.0 Å². The number of carbonyl (C=O) groups excluding carboxylic acids is 2. The first-order valence-electron chi connectivity index (χ1n) is 9.62. The van der Waals surface area contributed by atoms with Crippen molar-refractivity contribution < 1.29 is 23.5 Å². The van der Waals surface area contributed by atoms with Crippen LogP contribution in [0.1, 0.15) is 28.4 Å².